The number of benzene rings is 2. The fourth-order valence-electron chi connectivity index (χ4n) is 4.26. The number of thiol groups is 1. The number of nitrogens with one attached hydrogen (secondary N) is 2. The van der Waals surface area contributed by atoms with Gasteiger partial charge in [0.2, 0.25) is 17.7 Å². The van der Waals surface area contributed by atoms with Gasteiger partial charge in [0, 0.05) is 25.1 Å². The Morgan fingerprint density at radius 2 is 1.59 bits per heavy atom. The molecule has 1 aliphatic rings. The van der Waals surface area contributed by atoms with Crippen LogP contribution in [0.15, 0.2) is 54.6 Å². The molecule has 1 fully saturated rings. The van der Waals surface area contributed by atoms with E-state index in [9.17, 15) is 29.4 Å². The SMILES string of the molecule is NC(CS)C(=O)N1CCCC1C(=O)NC(Cc1ccccc1)C(=O)NC(Cc1ccc(O)cc1)C(=O)O. The lowest BCUT2D eigenvalue weighted by Gasteiger charge is -2.28. The molecule has 2 aromatic carbocycles. The molecule has 0 saturated carbocycles. The molecule has 0 aromatic heterocycles. The van der Waals surface area contributed by atoms with E-state index in [1.165, 1.54) is 17.0 Å². The van der Waals surface area contributed by atoms with Crippen molar-refractivity contribution in [3.63, 3.8) is 0 Å². The van der Waals surface area contributed by atoms with E-state index >= 15 is 0 Å². The molecule has 1 aliphatic heterocycles. The third-order valence-corrected chi connectivity index (χ3v) is 6.65. The highest BCUT2D eigenvalue weighted by Crippen LogP contribution is 2.19. The van der Waals surface area contributed by atoms with Crippen LogP contribution in [0, 0.1) is 0 Å². The lowest BCUT2D eigenvalue weighted by Crippen LogP contribution is -2.57. The van der Waals surface area contributed by atoms with Crippen molar-refractivity contribution in [2.45, 2.75) is 49.9 Å². The van der Waals surface area contributed by atoms with Crippen molar-refractivity contribution in [2.75, 3.05) is 12.3 Å². The van der Waals surface area contributed by atoms with Crippen LogP contribution in [-0.4, -0.2) is 75.3 Å². The maximum absolute atomic E-state index is 13.3. The first kappa shape index (κ1) is 28.0. The van der Waals surface area contributed by atoms with Gasteiger partial charge < -0.3 is 31.5 Å². The topological polar surface area (TPSA) is 162 Å². The smallest absolute Gasteiger partial charge is 0.326 e. The quantitative estimate of drug-likeness (QED) is 0.231. The van der Waals surface area contributed by atoms with Crippen molar-refractivity contribution in [3.8, 4) is 5.75 Å². The number of rotatable bonds is 11. The molecule has 3 rings (SSSR count). The van der Waals surface area contributed by atoms with Gasteiger partial charge in [0.1, 0.15) is 23.9 Å². The number of carbonyl (C=O) groups excluding carboxylic acids is 3. The number of likely N-dealkylation sites (tertiary alicyclic amines) is 1. The van der Waals surface area contributed by atoms with Crippen molar-refractivity contribution >= 4 is 36.3 Å². The highest BCUT2D eigenvalue weighted by molar-refractivity contribution is 7.80. The molecule has 10 nitrogen and oxygen atoms in total. The number of hydrogen-bond acceptors (Lipinski definition) is 7. The zero-order valence-electron chi connectivity index (χ0n) is 20.2. The van der Waals surface area contributed by atoms with Crippen molar-refractivity contribution in [2.24, 2.45) is 5.73 Å². The summed E-state index contributed by atoms with van der Waals surface area (Å²) in [4.78, 5) is 52.5. The summed E-state index contributed by atoms with van der Waals surface area (Å²) in [7, 11) is 0. The van der Waals surface area contributed by atoms with Crippen LogP contribution in [0.2, 0.25) is 0 Å². The van der Waals surface area contributed by atoms with Crippen LogP contribution < -0.4 is 16.4 Å². The van der Waals surface area contributed by atoms with Crippen molar-refractivity contribution in [3.05, 3.63) is 65.7 Å². The van der Waals surface area contributed by atoms with Crippen LogP contribution in [0.1, 0.15) is 24.0 Å². The zero-order valence-corrected chi connectivity index (χ0v) is 21.1. The maximum atomic E-state index is 13.3. The van der Waals surface area contributed by atoms with E-state index in [1.54, 1.807) is 36.4 Å². The number of amides is 3. The predicted octanol–water partition coefficient (Wildman–Crippen LogP) is 0.480. The minimum absolute atomic E-state index is 0.0140. The number of carbonyl (C=O) groups is 4. The second-order valence-corrected chi connectivity index (χ2v) is 9.36. The lowest BCUT2D eigenvalue weighted by atomic mass is 10.0. The molecule has 3 amide bonds. The number of nitrogens with two attached hydrogens (primary N) is 1. The average Bonchev–Trinajstić information content (AvgIpc) is 3.39. The second-order valence-electron chi connectivity index (χ2n) is 9.00. The average molecular weight is 529 g/mol. The van der Waals surface area contributed by atoms with Gasteiger partial charge in [0.25, 0.3) is 0 Å². The van der Waals surface area contributed by atoms with Crippen LogP contribution in [0.25, 0.3) is 0 Å². The molecular formula is C26H32N4O6S. The molecule has 4 unspecified atom stereocenters. The van der Waals surface area contributed by atoms with Crippen LogP contribution >= 0.6 is 12.6 Å². The fraction of sp³-hybridized carbons (Fsp3) is 0.385. The molecule has 4 atom stereocenters. The third kappa shape index (κ3) is 7.70. The summed E-state index contributed by atoms with van der Waals surface area (Å²) in [5.74, 6) is -2.60. The van der Waals surface area contributed by atoms with E-state index in [4.69, 9.17) is 5.73 Å². The van der Waals surface area contributed by atoms with E-state index in [0.717, 1.165) is 5.56 Å². The first-order valence-electron chi connectivity index (χ1n) is 12.0. The Morgan fingerprint density at radius 3 is 2.22 bits per heavy atom. The number of aromatic hydroxyl groups is 1. The number of hydrogen-bond donors (Lipinski definition) is 6. The van der Waals surface area contributed by atoms with E-state index in [-0.39, 0.29) is 30.3 Å². The molecule has 0 radical (unpaired) electrons. The van der Waals surface area contributed by atoms with Gasteiger partial charge in [0.15, 0.2) is 0 Å². The zero-order chi connectivity index (χ0) is 26.9. The van der Waals surface area contributed by atoms with Crippen LogP contribution in [-0.2, 0) is 32.0 Å². The Morgan fingerprint density at radius 1 is 0.973 bits per heavy atom. The summed E-state index contributed by atoms with van der Waals surface area (Å²) >= 11 is 4.07. The lowest BCUT2D eigenvalue weighted by molar-refractivity contribution is -0.143. The van der Waals surface area contributed by atoms with Gasteiger partial charge in [-0.1, -0.05) is 42.5 Å². The molecule has 6 N–H and O–H groups in total. The number of nitrogens with zero attached hydrogens (tertiary/aromatic N) is 1. The standard InChI is InChI=1S/C26H32N4O6S/c27-19(15-37)25(34)30-12-4-7-22(30)24(33)28-20(13-16-5-2-1-3-6-16)23(32)29-21(26(35)36)14-17-8-10-18(31)11-9-17/h1-3,5-6,8-11,19-22,31,37H,4,7,12-15,27H2,(H,28,33)(H,29,32)(H,35,36). The van der Waals surface area contributed by atoms with E-state index in [0.29, 0.717) is 24.9 Å². The number of phenols is 1. The third-order valence-electron chi connectivity index (χ3n) is 6.26. The van der Waals surface area contributed by atoms with Gasteiger partial charge in [-0.3, -0.25) is 14.4 Å². The van der Waals surface area contributed by atoms with Crippen LogP contribution in [0.3, 0.4) is 0 Å². The summed E-state index contributed by atoms with van der Waals surface area (Å²) in [6.45, 7) is 0.377. The summed E-state index contributed by atoms with van der Waals surface area (Å²) in [5.41, 5.74) is 7.21. The molecule has 11 heteroatoms. The molecule has 2 aromatic rings. The van der Waals surface area contributed by atoms with Gasteiger partial charge in [-0.25, -0.2) is 4.79 Å². The normalized spacial score (nSPS) is 17.5. The van der Waals surface area contributed by atoms with Gasteiger partial charge in [-0.15, -0.1) is 0 Å². The van der Waals surface area contributed by atoms with Gasteiger partial charge in [-0.2, -0.15) is 12.6 Å². The Hall–Kier alpha value is -3.57. The fourth-order valence-corrected chi connectivity index (χ4v) is 4.42. The molecule has 198 valence electrons. The van der Waals surface area contributed by atoms with Crippen LogP contribution in [0.5, 0.6) is 5.75 Å². The first-order chi connectivity index (χ1) is 17.7. The van der Waals surface area contributed by atoms with Gasteiger partial charge in [-0.05, 0) is 36.1 Å². The van der Waals surface area contributed by atoms with Crippen molar-refractivity contribution in [1.82, 2.24) is 15.5 Å². The van der Waals surface area contributed by atoms with Crippen molar-refractivity contribution in [1.29, 1.82) is 0 Å². The summed E-state index contributed by atoms with van der Waals surface area (Å²) in [5, 5.41) is 24.5. The first-order valence-corrected chi connectivity index (χ1v) is 12.6. The van der Waals surface area contributed by atoms with Crippen LogP contribution in [0.4, 0.5) is 0 Å². The Bertz CT molecular complexity index is 1100. The Labute approximate surface area is 220 Å². The molecular weight excluding hydrogens is 496 g/mol. The van der Waals surface area contributed by atoms with Gasteiger partial charge >= 0.3 is 5.97 Å². The molecule has 0 spiro atoms. The summed E-state index contributed by atoms with van der Waals surface area (Å²) in [6, 6.07) is 11.1. The largest absolute Gasteiger partial charge is 0.508 e. The van der Waals surface area contributed by atoms with E-state index in [2.05, 4.69) is 23.3 Å². The Kier molecular flexibility index (Phi) is 9.93. The van der Waals surface area contributed by atoms with E-state index < -0.39 is 42.0 Å². The summed E-state index contributed by atoms with van der Waals surface area (Å²) in [6.07, 6.45) is 1.15. The second kappa shape index (κ2) is 13.1. The number of carboxylic acid groups (broad SMARTS) is 1. The highest BCUT2D eigenvalue weighted by Gasteiger charge is 2.37. The van der Waals surface area contributed by atoms with Crippen molar-refractivity contribution < 1.29 is 29.4 Å². The molecule has 37 heavy (non-hydrogen) atoms. The molecule has 0 bridgehead atoms. The minimum Gasteiger partial charge on any atom is -0.508 e. The Balaban J connectivity index is 1.77. The molecule has 1 saturated heterocycles. The maximum Gasteiger partial charge on any atom is 0.326 e. The molecule has 0 aliphatic carbocycles. The van der Waals surface area contributed by atoms with E-state index in [1.807, 2.05) is 6.07 Å². The predicted molar refractivity (Wildman–Crippen MR) is 140 cm³/mol. The van der Waals surface area contributed by atoms with Gasteiger partial charge in [0.05, 0.1) is 6.04 Å². The minimum atomic E-state index is -1.26. The summed E-state index contributed by atoms with van der Waals surface area (Å²) < 4.78 is 0. The monoisotopic (exact) mass is 528 g/mol. The number of carboxylic acids is 1. The highest BCUT2D eigenvalue weighted by atomic mass is 32.1. The number of aliphatic carboxylic acids is 1. The molecule has 1 heterocycles. The number of phenolic OH excluding ortho intramolecular Hbond substituents is 1.